The SMILES string of the molecule is COc1cc(C(=O)NC2CCC(n3c(=O)c4cc(F)cnc4n(C4CCSCC4)c3=O)CC2)ccc1O. The lowest BCUT2D eigenvalue weighted by Gasteiger charge is -2.31. The lowest BCUT2D eigenvalue weighted by molar-refractivity contribution is 0.0921. The molecule has 9 nitrogen and oxygen atoms in total. The van der Waals surface area contributed by atoms with Gasteiger partial charge in [0.2, 0.25) is 0 Å². The average molecular weight is 529 g/mol. The van der Waals surface area contributed by atoms with Gasteiger partial charge in [-0.3, -0.25) is 18.7 Å². The summed E-state index contributed by atoms with van der Waals surface area (Å²) in [4.78, 5) is 44.0. The number of hydrogen-bond donors (Lipinski definition) is 2. The van der Waals surface area contributed by atoms with Crippen molar-refractivity contribution in [2.45, 2.75) is 56.7 Å². The lowest BCUT2D eigenvalue weighted by atomic mass is 9.90. The van der Waals surface area contributed by atoms with Gasteiger partial charge in [0.05, 0.1) is 18.7 Å². The van der Waals surface area contributed by atoms with Crippen molar-refractivity contribution in [2.24, 2.45) is 0 Å². The second-order valence-electron chi connectivity index (χ2n) is 9.56. The third kappa shape index (κ3) is 4.96. The van der Waals surface area contributed by atoms with Gasteiger partial charge in [-0.05, 0) is 74.3 Å². The van der Waals surface area contributed by atoms with Gasteiger partial charge in [-0.15, -0.1) is 0 Å². The lowest BCUT2D eigenvalue weighted by Crippen LogP contribution is -2.46. The highest BCUT2D eigenvalue weighted by molar-refractivity contribution is 7.99. The highest BCUT2D eigenvalue weighted by Gasteiger charge is 2.30. The highest BCUT2D eigenvalue weighted by Crippen LogP contribution is 2.31. The molecule has 1 aromatic carbocycles. The topological polar surface area (TPSA) is 115 Å². The molecule has 2 aromatic heterocycles. The maximum absolute atomic E-state index is 14.1. The van der Waals surface area contributed by atoms with Crippen LogP contribution < -0.4 is 21.3 Å². The first-order valence-corrected chi connectivity index (χ1v) is 13.6. The van der Waals surface area contributed by atoms with Crippen molar-refractivity contribution in [3.05, 3.63) is 62.7 Å². The minimum Gasteiger partial charge on any atom is -0.504 e. The standard InChI is InChI=1S/C26H29FN4O5S/c1-36-22-12-15(2-7-21(22)32)24(33)29-17-3-5-18(6-4-17)31-25(34)20-13-16(27)14-28-23(20)30(26(31)35)19-8-10-37-11-9-19/h2,7,12-14,17-19,32H,3-6,8-11H2,1H3,(H,29,33). The van der Waals surface area contributed by atoms with Crippen molar-refractivity contribution < 1.29 is 19.0 Å². The number of fused-ring (bicyclic) bond motifs is 1. The summed E-state index contributed by atoms with van der Waals surface area (Å²) in [5.41, 5.74) is -0.297. The van der Waals surface area contributed by atoms with E-state index in [0.717, 1.165) is 30.5 Å². The van der Waals surface area contributed by atoms with Gasteiger partial charge in [0.25, 0.3) is 11.5 Å². The van der Waals surface area contributed by atoms with Crippen LogP contribution in [0.2, 0.25) is 0 Å². The summed E-state index contributed by atoms with van der Waals surface area (Å²) in [6, 6.07) is 5.02. The number of rotatable bonds is 5. The number of pyridine rings is 1. The molecule has 0 radical (unpaired) electrons. The van der Waals surface area contributed by atoms with Crippen LogP contribution in [0.4, 0.5) is 4.39 Å². The first-order valence-electron chi connectivity index (χ1n) is 12.4. The molecular formula is C26H29FN4O5S. The number of carbonyl (C=O) groups excluding carboxylic acids is 1. The Labute approximate surface area is 216 Å². The number of nitrogens with one attached hydrogen (secondary N) is 1. The van der Waals surface area contributed by atoms with Gasteiger partial charge in [-0.1, -0.05) is 0 Å². The fraction of sp³-hybridized carbons (Fsp3) is 0.462. The smallest absolute Gasteiger partial charge is 0.333 e. The number of phenolic OH excluding ortho intramolecular Hbond substituents is 1. The number of methoxy groups -OCH3 is 1. The van der Waals surface area contributed by atoms with Crippen LogP contribution in [-0.2, 0) is 0 Å². The van der Waals surface area contributed by atoms with Crippen molar-refractivity contribution in [1.29, 1.82) is 0 Å². The molecule has 11 heteroatoms. The van der Waals surface area contributed by atoms with E-state index in [1.54, 1.807) is 4.57 Å². The molecule has 0 unspecified atom stereocenters. The Morgan fingerprint density at radius 3 is 2.49 bits per heavy atom. The van der Waals surface area contributed by atoms with E-state index < -0.39 is 17.1 Å². The second-order valence-corrected chi connectivity index (χ2v) is 10.8. The van der Waals surface area contributed by atoms with Crippen molar-refractivity contribution in [1.82, 2.24) is 19.4 Å². The predicted molar refractivity (Wildman–Crippen MR) is 139 cm³/mol. The zero-order valence-corrected chi connectivity index (χ0v) is 21.3. The minimum absolute atomic E-state index is 0.0481. The summed E-state index contributed by atoms with van der Waals surface area (Å²) in [6.45, 7) is 0. The Bertz CT molecular complexity index is 1440. The number of aromatic nitrogens is 3. The molecule has 0 atom stereocenters. The van der Waals surface area contributed by atoms with Crippen LogP contribution in [0.5, 0.6) is 11.5 Å². The molecule has 0 spiro atoms. The molecule has 37 heavy (non-hydrogen) atoms. The molecule has 1 aliphatic heterocycles. The summed E-state index contributed by atoms with van der Waals surface area (Å²) in [6.07, 6.45) is 4.84. The van der Waals surface area contributed by atoms with E-state index in [-0.39, 0.29) is 46.6 Å². The third-order valence-electron chi connectivity index (χ3n) is 7.32. The summed E-state index contributed by atoms with van der Waals surface area (Å²) in [5.74, 6) is 1.09. The molecule has 0 bridgehead atoms. The van der Waals surface area contributed by atoms with Crippen LogP contribution >= 0.6 is 11.8 Å². The molecule has 3 heterocycles. The maximum Gasteiger partial charge on any atom is 0.333 e. The Balaban J connectivity index is 1.39. The van der Waals surface area contributed by atoms with Gasteiger partial charge in [0.15, 0.2) is 11.5 Å². The van der Waals surface area contributed by atoms with Crippen LogP contribution in [0.15, 0.2) is 40.1 Å². The van der Waals surface area contributed by atoms with Gasteiger partial charge < -0.3 is 15.2 Å². The Morgan fingerprint density at radius 2 is 1.78 bits per heavy atom. The largest absolute Gasteiger partial charge is 0.504 e. The van der Waals surface area contributed by atoms with Crippen molar-refractivity contribution in [3.8, 4) is 11.5 Å². The van der Waals surface area contributed by atoms with Gasteiger partial charge in [0, 0.05) is 23.7 Å². The molecule has 1 saturated carbocycles. The molecule has 2 aliphatic rings. The molecular weight excluding hydrogens is 499 g/mol. The number of carbonyl (C=O) groups is 1. The summed E-state index contributed by atoms with van der Waals surface area (Å²) in [7, 11) is 1.42. The van der Waals surface area contributed by atoms with Gasteiger partial charge in [0.1, 0.15) is 11.5 Å². The number of hydrogen-bond acceptors (Lipinski definition) is 7. The first kappa shape index (κ1) is 25.3. The number of thioether (sulfide) groups is 1. The van der Waals surface area contributed by atoms with E-state index in [1.165, 1.54) is 35.9 Å². The van der Waals surface area contributed by atoms with Gasteiger partial charge >= 0.3 is 5.69 Å². The summed E-state index contributed by atoms with van der Waals surface area (Å²) < 4.78 is 22.0. The minimum atomic E-state index is -0.613. The molecule has 1 saturated heterocycles. The molecule has 3 aromatic rings. The number of amides is 1. The summed E-state index contributed by atoms with van der Waals surface area (Å²) in [5, 5.41) is 12.9. The summed E-state index contributed by atoms with van der Waals surface area (Å²) >= 11 is 1.83. The molecule has 5 rings (SSSR count). The number of aromatic hydroxyl groups is 1. The average Bonchev–Trinajstić information content (AvgIpc) is 2.91. The highest BCUT2D eigenvalue weighted by atomic mass is 32.2. The van der Waals surface area contributed by atoms with E-state index in [4.69, 9.17) is 4.74 Å². The first-order chi connectivity index (χ1) is 17.9. The molecule has 1 amide bonds. The fourth-order valence-electron chi connectivity index (χ4n) is 5.37. The Kier molecular flexibility index (Phi) is 7.23. The molecule has 2 N–H and O–H groups in total. The van der Waals surface area contributed by atoms with E-state index in [2.05, 4.69) is 10.3 Å². The van der Waals surface area contributed by atoms with E-state index in [0.29, 0.717) is 31.2 Å². The zero-order chi connectivity index (χ0) is 26.1. The number of phenols is 1. The third-order valence-corrected chi connectivity index (χ3v) is 8.37. The van der Waals surface area contributed by atoms with Crippen LogP contribution in [0, 0.1) is 5.82 Å². The maximum atomic E-state index is 14.1. The van der Waals surface area contributed by atoms with Crippen molar-refractivity contribution >= 4 is 28.7 Å². The number of nitrogens with zero attached hydrogens (tertiary/aromatic N) is 3. The monoisotopic (exact) mass is 528 g/mol. The molecule has 1 aliphatic carbocycles. The van der Waals surface area contributed by atoms with Crippen molar-refractivity contribution in [3.63, 3.8) is 0 Å². The number of halogens is 1. The van der Waals surface area contributed by atoms with Gasteiger partial charge in [-0.2, -0.15) is 11.8 Å². The van der Waals surface area contributed by atoms with E-state index in [1.807, 2.05) is 11.8 Å². The van der Waals surface area contributed by atoms with Crippen molar-refractivity contribution in [2.75, 3.05) is 18.6 Å². The fourth-order valence-corrected chi connectivity index (χ4v) is 6.45. The molecule has 196 valence electrons. The molecule has 2 fully saturated rings. The van der Waals surface area contributed by atoms with Crippen LogP contribution in [0.25, 0.3) is 11.0 Å². The second kappa shape index (κ2) is 10.6. The Hall–Kier alpha value is -3.34. The van der Waals surface area contributed by atoms with Gasteiger partial charge in [-0.25, -0.2) is 14.2 Å². The number of ether oxygens (including phenoxy) is 1. The van der Waals surface area contributed by atoms with Crippen LogP contribution in [-0.4, -0.2) is 49.8 Å². The van der Waals surface area contributed by atoms with E-state index >= 15 is 0 Å². The predicted octanol–water partition coefficient (Wildman–Crippen LogP) is 3.39. The Morgan fingerprint density at radius 1 is 1.08 bits per heavy atom. The van der Waals surface area contributed by atoms with Crippen LogP contribution in [0.3, 0.4) is 0 Å². The number of benzene rings is 1. The normalized spacial score (nSPS) is 20.6. The quantitative estimate of drug-likeness (QED) is 0.522. The zero-order valence-electron chi connectivity index (χ0n) is 20.5. The van der Waals surface area contributed by atoms with Crippen LogP contribution in [0.1, 0.15) is 61.0 Å². The van der Waals surface area contributed by atoms with E-state index in [9.17, 15) is 23.9 Å².